The summed E-state index contributed by atoms with van der Waals surface area (Å²) in [4.78, 5) is 28.1. The number of para-hydroxylation sites is 1. The second-order valence-corrected chi connectivity index (χ2v) is 7.02. The van der Waals surface area contributed by atoms with Crippen LogP contribution in [-0.4, -0.2) is 16.8 Å². The maximum Gasteiger partial charge on any atom is 0.255 e. The Kier molecular flexibility index (Phi) is 5.89. The van der Waals surface area contributed by atoms with Crippen molar-refractivity contribution in [2.75, 3.05) is 10.6 Å². The lowest BCUT2D eigenvalue weighted by Gasteiger charge is -2.09. The summed E-state index contributed by atoms with van der Waals surface area (Å²) in [5.41, 5.74) is 3.60. The van der Waals surface area contributed by atoms with Crippen LogP contribution in [0.15, 0.2) is 84.9 Å². The minimum Gasteiger partial charge on any atom is -0.487 e. The number of amides is 2. The molecular weight excluding hydrogens is 390 g/mol. The third kappa shape index (κ3) is 5.25. The number of fused-ring (bicyclic) bond motifs is 1. The van der Waals surface area contributed by atoms with E-state index in [2.05, 4.69) is 15.6 Å². The molecule has 6 heteroatoms. The molecule has 1 aromatic heterocycles. The van der Waals surface area contributed by atoms with Crippen LogP contribution in [0.1, 0.15) is 23.0 Å². The van der Waals surface area contributed by atoms with Crippen LogP contribution in [0.25, 0.3) is 10.9 Å². The first-order valence-electron chi connectivity index (χ1n) is 9.83. The molecule has 0 fully saturated rings. The number of pyridine rings is 1. The second kappa shape index (κ2) is 9.09. The lowest BCUT2D eigenvalue weighted by atomic mass is 10.2. The number of hydrogen-bond acceptors (Lipinski definition) is 4. The highest BCUT2D eigenvalue weighted by Crippen LogP contribution is 2.18. The van der Waals surface area contributed by atoms with Crippen molar-refractivity contribution in [2.45, 2.75) is 13.5 Å². The largest absolute Gasteiger partial charge is 0.487 e. The number of carbonyl (C=O) groups is 2. The van der Waals surface area contributed by atoms with Gasteiger partial charge in [-0.3, -0.25) is 9.59 Å². The van der Waals surface area contributed by atoms with Crippen molar-refractivity contribution in [1.29, 1.82) is 0 Å². The molecule has 0 atom stereocenters. The van der Waals surface area contributed by atoms with Gasteiger partial charge in [0.1, 0.15) is 12.4 Å². The molecule has 1 heterocycles. The normalized spacial score (nSPS) is 10.5. The summed E-state index contributed by atoms with van der Waals surface area (Å²) < 4.78 is 5.81. The zero-order valence-electron chi connectivity index (χ0n) is 17.0. The minimum absolute atomic E-state index is 0.143. The zero-order chi connectivity index (χ0) is 21.6. The fourth-order valence-electron chi connectivity index (χ4n) is 3.09. The molecule has 0 unspecified atom stereocenters. The lowest BCUT2D eigenvalue weighted by molar-refractivity contribution is -0.114. The fraction of sp³-hybridized carbons (Fsp3) is 0.0800. The Hall–Kier alpha value is -4.19. The van der Waals surface area contributed by atoms with Crippen molar-refractivity contribution in [3.05, 3.63) is 96.2 Å². The van der Waals surface area contributed by atoms with Crippen molar-refractivity contribution < 1.29 is 14.3 Å². The Bertz CT molecular complexity index is 1220. The van der Waals surface area contributed by atoms with Gasteiger partial charge in [-0.2, -0.15) is 0 Å². The van der Waals surface area contributed by atoms with Crippen molar-refractivity contribution >= 4 is 34.1 Å². The number of ether oxygens (including phenoxy) is 1. The molecule has 0 aliphatic rings. The molecule has 4 rings (SSSR count). The molecule has 3 aromatic carbocycles. The van der Waals surface area contributed by atoms with Gasteiger partial charge in [0, 0.05) is 29.2 Å². The topological polar surface area (TPSA) is 80.3 Å². The van der Waals surface area contributed by atoms with E-state index in [1.54, 1.807) is 48.5 Å². The van der Waals surface area contributed by atoms with E-state index in [9.17, 15) is 9.59 Å². The number of aromatic nitrogens is 1. The van der Waals surface area contributed by atoms with Crippen LogP contribution >= 0.6 is 0 Å². The smallest absolute Gasteiger partial charge is 0.255 e. The van der Waals surface area contributed by atoms with Crippen LogP contribution in [-0.2, 0) is 11.4 Å². The molecule has 4 aromatic rings. The highest BCUT2D eigenvalue weighted by molar-refractivity contribution is 6.04. The minimum atomic E-state index is -0.227. The summed E-state index contributed by atoms with van der Waals surface area (Å²) >= 11 is 0. The molecule has 0 radical (unpaired) electrons. The fourth-order valence-corrected chi connectivity index (χ4v) is 3.09. The first kappa shape index (κ1) is 20.1. The van der Waals surface area contributed by atoms with Crippen LogP contribution in [0.4, 0.5) is 11.4 Å². The van der Waals surface area contributed by atoms with Gasteiger partial charge in [-0.15, -0.1) is 0 Å². The maximum absolute atomic E-state index is 12.5. The van der Waals surface area contributed by atoms with E-state index in [0.717, 1.165) is 16.6 Å². The van der Waals surface area contributed by atoms with Crippen molar-refractivity contribution in [2.24, 2.45) is 0 Å². The van der Waals surface area contributed by atoms with Gasteiger partial charge in [-0.25, -0.2) is 4.98 Å². The Balaban J connectivity index is 1.34. The van der Waals surface area contributed by atoms with Gasteiger partial charge >= 0.3 is 0 Å². The summed E-state index contributed by atoms with van der Waals surface area (Å²) in [5.74, 6) is 0.289. The maximum atomic E-state index is 12.5. The summed E-state index contributed by atoms with van der Waals surface area (Å²) in [6.45, 7) is 1.79. The SMILES string of the molecule is CC(=O)Nc1ccc(NC(=O)c2ccc(OCc3ccc4ccccc4n3)cc2)cc1. The molecule has 0 saturated heterocycles. The molecule has 154 valence electrons. The monoisotopic (exact) mass is 411 g/mol. The molecular formula is C25H21N3O3. The van der Waals surface area contributed by atoms with Crippen molar-refractivity contribution in [3.63, 3.8) is 0 Å². The standard InChI is InChI=1S/C25H21N3O3/c1-17(29)26-20-10-12-21(13-11-20)28-25(30)19-7-14-23(15-8-19)31-16-22-9-6-18-4-2-3-5-24(18)27-22/h2-15H,16H2,1H3,(H,26,29)(H,28,30). The number of carbonyl (C=O) groups excluding carboxylic acids is 2. The lowest BCUT2D eigenvalue weighted by Crippen LogP contribution is -2.12. The number of rotatable bonds is 6. The van der Waals surface area contributed by atoms with Gasteiger partial charge in [0.2, 0.25) is 5.91 Å². The first-order valence-corrected chi connectivity index (χ1v) is 9.83. The Morgan fingerprint density at radius 3 is 2.19 bits per heavy atom. The number of hydrogen-bond donors (Lipinski definition) is 2. The van der Waals surface area contributed by atoms with Gasteiger partial charge < -0.3 is 15.4 Å². The molecule has 0 aliphatic heterocycles. The molecule has 0 bridgehead atoms. The quantitative estimate of drug-likeness (QED) is 0.467. The average Bonchev–Trinajstić information content (AvgIpc) is 2.79. The van der Waals surface area contributed by atoms with E-state index in [-0.39, 0.29) is 11.8 Å². The zero-order valence-corrected chi connectivity index (χ0v) is 17.0. The summed E-state index contributed by atoms with van der Waals surface area (Å²) in [6, 6.07) is 25.8. The van der Waals surface area contributed by atoms with E-state index in [1.165, 1.54) is 6.92 Å². The molecule has 31 heavy (non-hydrogen) atoms. The van der Waals surface area contributed by atoms with E-state index >= 15 is 0 Å². The molecule has 2 N–H and O–H groups in total. The van der Waals surface area contributed by atoms with Crippen LogP contribution < -0.4 is 15.4 Å². The third-order valence-corrected chi connectivity index (χ3v) is 4.62. The number of anilines is 2. The molecule has 6 nitrogen and oxygen atoms in total. The molecule has 2 amide bonds. The number of nitrogens with one attached hydrogen (secondary N) is 2. The Morgan fingerprint density at radius 1 is 0.806 bits per heavy atom. The summed E-state index contributed by atoms with van der Waals surface area (Å²) in [5, 5.41) is 6.61. The predicted molar refractivity (Wildman–Crippen MR) is 121 cm³/mol. The van der Waals surface area contributed by atoms with Crippen LogP contribution in [0.5, 0.6) is 5.75 Å². The van der Waals surface area contributed by atoms with Gasteiger partial charge in [0.25, 0.3) is 5.91 Å². The average molecular weight is 411 g/mol. The molecule has 0 aliphatic carbocycles. The summed E-state index contributed by atoms with van der Waals surface area (Å²) in [7, 11) is 0. The molecule has 0 spiro atoms. The van der Waals surface area contributed by atoms with E-state index in [4.69, 9.17) is 4.74 Å². The Labute approximate surface area is 179 Å². The molecule has 0 saturated carbocycles. The number of benzene rings is 3. The van der Waals surface area contributed by atoms with Crippen LogP contribution in [0.2, 0.25) is 0 Å². The van der Waals surface area contributed by atoms with Gasteiger partial charge in [0.05, 0.1) is 11.2 Å². The van der Waals surface area contributed by atoms with E-state index in [1.807, 2.05) is 36.4 Å². The van der Waals surface area contributed by atoms with Crippen molar-refractivity contribution in [3.8, 4) is 5.75 Å². The summed E-state index contributed by atoms with van der Waals surface area (Å²) in [6.07, 6.45) is 0. The predicted octanol–water partition coefficient (Wildman–Crippen LogP) is 5.02. The highest BCUT2D eigenvalue weighted by atomic mass is 16.5. The van der Waals surface area contributed by atoms with E-state index in [0.29, 0.717) is 29.3 Å². The highest BCUT2D eigenvalue weighted by Gasteiger charge is 2.07. The van der Waals surface area contributed by atoms with Crippen molar-refractivity contribution in [1.82, 2.24) is 4.98 Å². The first-order chi connectivity index (χ1) is 15.1. The second-order valence-electron chi connectivity index (χ2n) is 7.02. The van der Waals surface area contributed by atoms with Gasteiger partial charge in [-0.05, 0) is 60.7 Å². The number of nitrogens with zero attached hydrogens (tertiary/aromatic N) is 1. The van der Waals surface area contributed by atoms with Crippen LogP contribution in [0.3, 0.4) is 0 Å². The van der Waals surface area contributed by atoms with Gasteiger partial charge in [-0.1, -0.05) is 24.3 Å². The third-order valence-electron chi connectivity index (χ3n) is 4.62. The van der Waals surface area contributed by atoms with E-state index < -0.39 is 0 Å². The van der Waals surface area contributed by atoms with Gasteiger partial charge in [0.15, 0.2) is 0 Å². The Morgan fingerprint density at radius 2 is 1.48 bits per heavy atom. The van der Waals surface area contributed by atoms with Crippen LogP contribution in [0, 0.1) is 0 Å².